The third-order valence-electron chi connectivity index (χ3n) is 3.41. The Bertz CT molecular complexity index is 422. The maximum Gasteiger partial charge on any atom is 0.219 e. The van der Waals surface area contributed by atoms with E-state index in [1.54, 1.807) is 6.26 Å². The van der Waals surface area contributed by atoms with Gasteiger partial charge in [0.2, 0.25) is 6.29 Å². The Balaban J connectivity index is 1.87. The molecule has 1 aromatic carbocycles. The Labute approximate surface area is 122 Å². The van der Waals surface area contributed by atoms with Crippen molar-refractivity contribution in [2.45, 2.75) is 51.4 Å². The van der Waals surface area contributed by atoms with Crippen LogP contribution in [0, 0.1) is 0 Å². The largest absolute Gasteiger partial charge is 0.469 e. The lowest BCUT2D eigenvalue weighted by Gasteiger charge is -2.19. The summed E-state index contributed by atoms with van der Waals surface area (Å²) in [5, 5.41) is 0. The molecular formula is C18H24O2. The first-order chi connectivity index (χ1) is 9.88. The summed E-state index contributed by atoms with van der Waals surface area (Å²) in [5.41, 5.74) is 1.16. The van der Waals surface area contributed by atoms with E-state index in [1.807, 2.05) is 30.4 Å². The number of hydrogen-bond donors (Lipinski definition) is 0. The summed E-state index contributed by atoms with van der Waals surface area (Å²) in [6.07, 6.45) is 13.6. The molecule has 2 nitrogen and oxygen atoms in total. The van der Waals surface area contributed by atoms with E-state index in [9.17, 15) is 0 Å². The zero-order valence-electron chi connectivity index (χ0n) is 12.2. The van der Waals surface area contributed by atoms with E-state index in [4.69, 9.17) is 9.47 Å². The van der Waals surface area contributed by atoms with Gasteiger partial charge in [-0.3, -0.25) is 0 Å². The molecule has 0 amide bonds. The van der Waals surface area contributed by atoms with Crippen molar-refractivity contribution in [1.82, 2.24) is 0 Å². The minimum atomic E-state index is -0.277. The molecule has 1 aliphatic rings. The lowest BCUT2D eigenvalue weighted by atomic mass is 10.1. The highest BCUT2D eigenvalue weighted by Gasteiger charge is 2.16. The fraction of sp³-hybridized carbons (Fsp3) is 0.444. The highest BCUT2D eigenvalue weighted by Crippen LogP contribution is 2.18. The predicted molar refractivity (Wildman–Crippen MR) is 83.1 cm³/mol. The predicted octanol–water partition coefficient (Wildman–Crippen LogP) is 4.93. The Morgan fingerprint density at radius 3 is 2.85 bits per heavy atom. The molecule has 1 aromatic rings. The van der Waals surface area contributed by atoms with Crippen LogP contribution in [0.4, 0.5) is 0 Å². The standard InChI is InChI=1S/C18H24O2/c1-2-3-5-11-17-12-8-15-19-18(20-17)14-13-16-9-6-4-7-10-16/h4,6-10,13-15,17-18H,2-3,5,11-12H2,1H3/b14-13+/t17-,18+/m1/s1. The van der Waals surface area contributed by atoms with Gasteiger partial charge in [0.15, 0.2) is 0 Å². The molecule has 108 valence electrons. The summed E-state index contributed by atoms with van der Waals surface area (Å²) >= 11 is 0. The average molecular weight is 272 g/mol. The van der Waals surface area contributed by atoms with Crippen LogP contribution in [0.1, 0.15) is 44.6 Å². The quantitative estimate of drug-likeness (QED) is 0.684. The first kappa shape index (κ1) is 14.9. The van der Waals surface area contributed by atoms with Crippen molar-refractivity contribution in [3.63, 3.8) is 0 Å². The average Bonchev–Trinajstić information content (AvgIpc) is 2.72. The van der Waals surface area contributed by atoms with Crippen LogP contribution in [0.25, 0.3) is 6.08 Å². The van der Waals surface area contributed by atoms with E-state index in [-0.39, 0.29) is 12.4 Å². The van der Waals surface area contributed by atoms with Gasteiger partial charge in [-0.25, -0.2) is 0 Å². The maximum atomic E-state index is 6.01. The maximum absolute atomic E-state index is 6.01. The lowest BCUT2D eigenvalue weighted by Crippen LogP contribution is -2.19. The van der Waals surface area contributed by atoms with Crippen molar-refractivity contribution in [3.05, 3.63) is 54.3 Å². The number of benzene rings is 1. The Kier molecular flexibility index (Phi) is 6.39. The number of rotatable bonds is 6. The second-order valence-corrected chi connectivity index (χ2v) is 5.14. The SMILES string of the molecule is CCCCC[C@@H]1CC=CO[C@H](/C=C/c2ccccc2)O1. The van der Waals surface area contributed by atoms with Crippen LogP contribution in [0.3, 0.4) is 0 Å². The topological polar surface area (TPSA) is 18.5 Å². The molecule has 0 unspecified atom stereocenters. The molecule has 0 saturated heterocycles. The summed E-state index contributed by atoms with van der Waals surface area (Å²) in [5.74, 6) is 0. The molecule has 1 aliphatic heterocycles. The van der Waals surface area contributed by atoms with Crippen molar-refractivity contribution < 1.29 is 9.47 Å². The van der Waals surface area contributed by atoms with Crippen molar-refractivity contribution in [2.24, 2.45) is 0 Å². The summed E-state index contributed by atoms with van der Waals surface area (Å²) in [7, 11) is 0. The molecule has 2 atom stereocenters. The molecular weight excluding hydrogens is 248 g/mol. The van der Waals surface area contributed by atoms with Gasteiger partial charge in [0.05, 0.1) is 12.4 Å². The summed E-state index contributed by atoms with van der Waals surface area (Å²) in [6.45, 7) is 2.22. The van der Waals surface area contributed by atoms with Gasteiger partial charge in [0.25, 0.3) is 0 Å². The molecule has 0 fully saturated rings. The van der Waals surface area contributed by atoms with Gasteiger partial charge in [-0.05, 0) is 30.6 Å². The zero-order valence-corrected chi connectivity index (χ0v) is 12.2. The van der Waals surface area contributed by atoms with Crippen LogP contribution in [0.15, 0.2) is 48.7 Å². The third kappa shape index (κ3) is 5.22. The Morgan fingerprint density at radius 2 is 2.05 bits per heavy atom. The minimum Gasteiger partial charge on any atom is -0.469 e. The number of ether oxygens (including phenoxy) is 2. The second-order valence-electron chi connectivity index (χ2n) is 5.14. The van der Waals surface area contributed by atoms with Gasteiger partial charge in [0.1, 0.15) is 0 Å². The van der Waals surface area contributed by atoms with Crippen LogP contribution in [-0.4, -0.2) is 12.4 Å². The highest BCUT2D eigenvalue weighted by molar-refractivity contribution is 5.49. The Hall–Kier alpha value is -1.54. The normalized spacial score (nSPS) is 22.6. The molecule has 0 N–H and O–H groups in total. The fourth-order valence-corrected chi connectivity index (χ4v) is 2.27. The second kappa shape index (κ2) is 8.60. The highest BCUT2D eigenvalue weighted by atomic mass is 16.7. The van der Waals surface area contributed by atoms with Gasteiger partial charge < -0.3 is 9.47 Å². The monoisotopic (exact) mass is 272 g/mol. The summed E-state index contributed by atoms with van der Waals surface area (Å²) in [6, 6.07) is 10.2. The number of hydrogen-bond acceptors (Lipinski definition) is 2. The van der Waals surface area contributed by atoms with Crippen LogP contribution in [0.2, 0.25) is 0 Å². The third-order valence-corrected chi connectivity index (χ3v) is 3.41. The molecule has 20 heavy (non-hydrogen) atoms. The molecule has 0 saturated carbocycles. The Morgan fingerprint density at radius 1 is 1.20 bits per heavy atom. The van der Waals surface area contributed by atoms with Gasteiger partial charge in [-0.1, -0.05) is 62.6 Å². The van der Waals surface area contributed by atoms with Crippen LogP contribution in [-0.2, 0) is 9.47 Å². The minimum absolute atomic E-state index is 0.269. The van der Waals surface area contributed by atoms with Gasteiger partial charge in [-0.2, -0.15) is 0 Å². The fourth-order valence-electron chi connectivity index (χ4n) is 2.27. The van der Waals surface area contributed by atoms with Crippen LogP contribution >= 0.6 is 0 Å². The molecule has 0 aromatic heterocycles. The first-order valence-corrected chi connectivity index (χ1v) is 7.57. The summed E-state index contributed by atoms with van der Waals surface area (Å²) < 4.78 is 11.6. The van der Waals surface area contributed by atoms with E-state index in [2.05, 4.69) is 25.1 Å². The molecule has 2 heteroatoms. The molecule has 0 radical (unpaired) electrons. The van der Waals surface area contributed by atoms with Gasteiger partial charge >= 0.3 is 0 Å². The van der Waals surface area contributed by atoms with Crippen molar-refractivity contribution in [2.75, 3.05) is 0 Å². The summed E-state index contributed by atoms with van der Waals surface area (Å²) in [4.78, 5) is 0. The van der Waals surface area contributed by atoms with Gasteiger partial charge in [0, 0.05) is 0 Å². The number of unbranched alkanes of at least 4 members (excludes halogenated alkanes) is 2. The van der Waals surface area contributed by atoms with Crippen molar-refractivity contribution in [1.29, 1.82) is 0 Å². The molecule has 1 heterocycles. The van der Waals surface area contributed by atoms with E-state index < -0.39 is 0 Å². The molecule has 0 aliphatic carbocycles. The van der Waals surface area contributed by atoms with Crippen LogP contribution < -0.4 is 0 Å². The van der Waals surface area contributed by atoms with Crippen molar-refractivity contribution >= 4 is 6.08 Å². The molecule has 2 rings (SSSR count). The van der Waals surface area contributed by atoms with Gasteiger partial charge in [-0.15, -0.1) is 0 Å². The van der Waals surface area contributed by atoms with E-state index >= 15 is 0 Å². The molecule has 0 bridgehead atoms. The lowest BCUT2D eigenvalue weighted by molar-refractivity contribution is -0.104. The zero-order chi connectivity index (χ0) is 14.0. The van der Waals surface area contributed by atoms with Crippen LogP contribution in [0.5, 0.6) is 0 Å². The molecule has 0 spiro atoms. The first-order valence-electron chi connectivity index (χ1n) is 7.57. The van der Waals surface area contributed by atoms with E-state index in [0.29, 0.717) is 0 Å². The van der Waals surface area contributed by atoms with E-state index in [0.717, 1.165) is 18.4 Å². The van der Waals surface area contributed by atoms with Crippen molar-refractivity contribution in [3.8, 4) is 0 Å². The van der Waals surface area contributed by atoms with E-state index in [1.165, 1.54) is 19.3 Å². The smallest absolute Gasteiger partial charge is 0.219 e.